The normalized spacial score (nSPS) is 22.1. The minimum Gasteiger partial charge on any atom is -0.481 e. The number of nitrogens with two attached hydrogens (primary N) is 1. The largest absolute Gasteiger partial charge is 0.481 e. The topological polar surface area (TPSA) is 83.5 Å². The van der Waals surface area contributed by atoms with Gasteiger partial charge in [0.15, 0.2) is 0 Å². The maximum atomic E-state index is 10.3. The summed E-state index contributed by atoms with van der Waals surface area (Å²) in [6.07, 6.45) is 4.13. The van der Waals surface area contributed by atoms with Gasteiger partial charge in [-0.25, -0.2) is 0 Å². The Balaban J connectivity index is 2.27. The number of hydrogen-bond acceptors (Lipinski definition) is 3. The van der Waals surface area contributed by atoms with E-state index in [0.717, 1.165) is 12.8 Å². The van der Waals surface area contributed by atoms with Crippen molar-refractivity contribution in [1.82, 2.24) is 0 Å². The van der Waals surface area contributed by atoms with Crippen LogP contribution in [0.5, 0.6) is 0 Å². The maximum absolute atomic E-state index is 10.3. The zero-order valence-corrected chi connectivity index (χ0v) is 8.35. The SMILES string of the molecule is NC(C(O)CCC(=O)O)C1CCCC1. The van der Waals surface area contributed by atoms with E-state index in [1.54, 1.807) is 0 Å². The molecular formula is C10H19NO3. The van der Waals surface area contributed by atoms with E-state index >= 15 is 0 Å². The van der Waals surface area contributed by atoms with Crippen LogP contribution in [0.25, 0.3) is 0 Å². The van der Waals surface area contributed by atoms with Crippen LogP contribution >= 0.6 is 0 Å². The summed E-state index contributed by atoms with van der Waals surface area (Å²) in [4.78, 5) is 10.3. The van der Waals surface area contributed by atoms with Crippen molar-refractivity contribution in [3.05, 3.63) is 0 Å². The molecule has 0 aromatic rings. The lowest BCUT2D eigenvalue weighted by atomic mass is 9.92. The molecule has 0 radical (unpaired) electrons. The van der Waals surface area contributed by atoms with E-state index in [1.807, 2.05) is 0 Å². The van der Waals surface area contributed by atoms with Crippen molar-refractivity contribution in [3.8, 4) is 0 Å². The lowest BCUT2D eigenvalue weighted by Gasteiger charge is -2.23. The van der Waals surface area contributed by atoms with E-state index < -0.39 is 12.1 Å². The smallest absolute Gasteiger partial charge is 0.303 e. The molecule has 2 unspecified atom stereocenters. The van der Waals surface area contributed by atoms with E-state index in [0.29, 0.717) is 5.92 Å². The van der Waals surface area contributed by atoms with Crippen LogP contribution < -0.4 is 5.73 Å². The highest BCUT2D eigenvalue weighted by atomic mass is 16.4. The first-order valence-corrected chi connectivity index (χ1v) is 5.26. The van der Waals surface area contributed by atoms with E-state index in [-0.39, 0.29) is 18.9 Å². The highest BCUT2D eigenvalue weighted by molar-refractivity contribution is 5.66. The summed E-state index contributed by atoms with van der Waals surface area (Å²) in [5, 5.41) is 18.1. The zero-order chi connectivity index (χ0) is 10.6. The van der Waals surface area contributed by atoms with E-state index in [2.05, 4.69) is 0 Å². The molecule has 1 aliphatic carbocycles. The van der Waals surface area contributed by atoms with Crippen molar-refractivity contribution < 1.29 is 15.0 Å². The molecule has 1 saturated carbocycles. The van der Waals surface area contributed by atoms with Crippen LogP contribution in [0.15, 0.2) is 0 Å². The molecule has 0 amide bonds. The van der Waals surface area contributed by atoms with Crippen molar-refractivity contribution in [1.29, 1.82) is 0 Å². The van der Waals surface area contributed by atoms with Gasteiger partial charge >= 0.3 is 5.97 Å². The predicted octanol–water partition coefficient (Wildman–Crippen LogP) is 0.730. The lowest BCUT2D eigenvalue weighted by molar-refractivity contribution is -0.137. The molecule has 0 aromatic heterocycles. The van der Waals surface area contributed by atoms with Crippen LogP contribution in [-0.2, 0) is 4.79 Å². The molecule has 0 bridgehead atoms. The Bertz CT molecular complexity index is 190. The van der Waals surface area contributed by atoms with Gasteiger partial charge in [0, 0.05) is 12.5 Å². The van der Waals surface area contributed by atoms with Crippen LogP contribution in [0.3, 0.4) is 0 Å². The maximum Gasteiger partial charge on any atom is 0.303 e. The predicted molar refractivity (Wildman–Crippen MR) is 52.8 cm³/mol. The molecule has 0 saturated heterocycles. The molecule has 1 fully saturated rings. The van der Waals surface area contributed by atoms with Crippen LogP contribution in [-0.4, -0.2) is 28.3 Å². The molecule has 0 spiro atoms. The Morgan fingerprint density at radius 2 is 2.00 bits per heavy atom. The van der Waals surface area contributed by atoms with Gasteiger partial charge in [-0.1, -0.05) is 12.8 Å². The van der Waals surface area contributed by atoms with Crippen LogP contribution in [0, 0.1) is 5.92 Å². The molecule has 14 heavy (non-hydrogen) atoms. The molecule has 0 heterocycles. The van der Waals surface area contributed by atoms with Gasteiger partial charge in [0.05, 0.1) is 6.10 Å². The molecule has 0 aromatic carbocycles. The molecule has 1 rings (SSSR count). The van der Waals surface area contributed by atoms with Crippen molar-refractivity contribution in [3.63, 3.8) is 0 Å². The lowest BCUT2D eigenvalue weighted by Crippen LogP contribution is -2.40. The summed E-state index contributed by atoms with van der Waals surface area (Å²) in [7, 11) is 0. The van der Waals surface area contributed by atoms with Crippen molar-refractivity contribution in [2.24, 2.45) is 11.7 Å². The van der Waals surface area contributed by atoms with E-state index in [4.69, 9.17) is 10.8 Å². The highest BCUT2D eigenvalue weighted by Gasteiger charge is 2.27. The minimum atomic E-state index is -0.873. The first kappa shape index (κ1) is 11.5. The second kappa shape index (κ2) is 5.32. The number of carboxylic acid groups (broad SMARTS) is 1. The summed E-state index contributed by atoms with van der Waals surface area (Å²) in [6, 6.07) is -0.239. The van der Waals surface area contributed by atoms with Crippen molar-refractivity contribution >= 4 is 5.97 Å². The summed E-state index contributed by atoms with van der Waals surface area (Å²) in [6.45, 7) is 0. The Morgan fingerprint density at radius 3 is 2.50 bits per heavy atom. The number of aliphatic hydroxyl groups excluding tert-OH is 1. The minimum absolute atomic E-state index is 0.00157. The van der Waals surface area contributed by atoms with Gasteiger partial charge in [0.25, 0.3) is 0 Å². The number of aliphatic carboxylic acids is 1. The summed E-state index contributed by atoms with van der Waals surface area (Å²) in [5.41, 5.74) is 5.87. The monoisotopic (exact) mass is 201 g/mol. The van der Waals surface area contributed by atoms with Crippen molar-refractivity contribution in [2.75, 3.05) is 0 Å². The quantitative estimate of drug-likeness (QED) is 0.612. The summed E-state index contributed by atoms with van der Waals surface area (Å²) >= 11 is 0. The third kappa shape index (κ3) is 3.27. The molecule has 4 N–H and O–H groups in total. The molecule has 2 atom stereocenters. The van der Waals surface area contributed by atoms with Crippen LogP contribution in [0.2, 0.25) is 0 Å². The third-order valence-electron chi connectivity index (χ3n) is 3.04. The second-order valence-electron chi connectivity index (χ2n) is 4.12. The second-order valence-corrected chi connectivity index (χ2v) is 4.12. The fraction of sp³-hybridized carbons (Fsp3) is 0.900. The number of carbonyl (C=O) groups is 1. The number of hydrogen-bond donors (Lipinski definition) is 3. The fourth-order valence-electron chi connectivity index (χ4n) is 2.12. The number of carboxylic acids is 1. The van der Waals surface area contributed by atoms with Gasteiger partial charge in [0.1, 0.15) is 0 Å². The van der Waals surface area contributed by atoms with Gasteiger partial charge in [-0.15, -0.1) is 0 Å². The first-order chi connectivity index (χ1) is 6.61. The fourth-order valence-corrected chi connectivity index (χ4v) is 2.12. The summed E-state index contributed by atoms with van der Waals surface area (Å²) in [5.74, 6) is -0.485. The molecule has 0 aliphatic heterocycles. The molecular weight excluding hydrogens is 182 g/mol. The first-order valence-electron chi connectivity index (χ1n) is 5.26. The Hall–Kier alpha value is -0.610. The molecule has 1 aliphatic rings. The Kier molecular flexibility index (Phi) is 4.35. The molecule has 4 nitrogen and oxygen atoms in total. The van der Waals surface area contributed by atoms with Gasteiger partial charge in [0.2, 0.25) is 0 Å². The highest BCUT2D eigenvalue weighted by Crippen LogP contribution is 2.28. The summed E-state index contributed by atoms with van der Waals surface area (Å²) < 4.78 is 0. The molecule has 4 heteroatoms. The van der Waals surface area contributed by atoms with Crippen LogP contribution in [0.4, 0.5) is 0 Å². The van der Waals surface area contributed by atoms with Gasteiger partial charge in [-0.05, 0) is 25.2 Å². The van der Waals surface area contributed by atoms with Gasteiger partial charge in [-0.3, -0.25) is 4.79 Å². The van der Waals surface area contributed by atoms with Gasteiger partial charge < -0.3 is 15.9 Å². The number of rotatable bonds is 5. The van der Waals surface area contributed by atoms with E-state index in [1.165, 1.54) is 12.8 Å². The van der Waals surface area contributed by atoms with E-state index in [9.17, 15) is 9.90 Å². The Morgan fingerprint density at radius 1 is 1.43 bits per heavy atom. The third-order valence-corrected chi connectivity index (χ3v) is 3.04. The molecule has 82 valence electrons. The number of aliphatic hydroxyl groups is 1. The average Bonchev–Trinajstić information content (AvgIpc) is 2.65. The Labute approximate surface area is 84.1 Å². The zero-order valence-electron chi connectivity index (χ0n) is 8.35. The average molecular weight is 201 g/mol. The standard InChI is InChI=1S/C10H19NO3/c11-10(7-3-1-2-4-7)8(12)5-6-9(13)14/h7-8,10,12H,1-6,11H2,(H,13,14). The van der Waals surface area contributed by atoms with Gasteiger partial charge in [-0.2, -0.15) is 0 Å². The van der Waals surface area contributed by atoms with Crippen molar-refractivity contribution in [2.45, 2.75) is 50.7 Å². The van der Waals surface area contributed by atoms with Crippen LogP contribution in [0.1, 0.15) is 38.5 Å².